The Morgan fingerprint density at radius 1 is 1.24 bits per heavy atom. The molecule has 1 rings (SSSR count). The quantitative estimate of drug-likeness (QED) is 0.688. The highest BCUT2D eigenvalue weighted by Gasteiger charge is 2.15. The summed E-state index contributed by atoms with van der Waals surface area (Å²) < 4.78 is 16.7. The Morgan fingerprint density at radius 3 is 2.57 bits per heavy atom. The lowest BCUT2D eigenvalue weighted by Gasteiger charge is -2.14. The van der Waals surface area contributed by atoms with Gasteiger partial charge in [0.15, 0.2) is 11.5 Å². The molecule has 0 saturated carbocycles. The Balaban J connectivity index is 2.85. The molecular weight excluding hydrogens is 338 g/mol. The first-order chi connectivity index (χ1) is 10.1. The van der Waals surface area contributed by atoms with Crippen molar-refractivity contribution in [2.24, 2.45) is 0 Å². The fraction of sp³-hybridized carbons (Fsp3) is 0.533. The number of hydrogen-bond donors (Lipinski definition) is 1. The number of rotatable bonds is 9. The summed E-state index contributed by atoms with van der Waals surface area (Å²) in [6, 6.07) is 3.43. The van der Waals surface area contributed by atoms with Crippen LogP contribution in [-0.2, 0) is 4.74 Å². The lowest BCUT2D eigenvalue weighted by atomic mass is 10.2. The van der Waals surface area contributed by atoms with Crippen LogP contribution in [0, 0.1) is 0 Å². The van der Waals surface area contributed by atoms with Crippen LogP contribution in [0.15, 0.2) is 16.6 Å². The number of hydrogen-bond acceptors (Lipinski definition) is 4. The summed E-state index contributed by atoms with van der Waals surface area (Å²) in [5.74, 6) is 1.04. The van der Waals surface area contributed by atoms with Crippen LogP contribution in [0.5, 0.6) is 11.5 Å². The van der Waals surface area contributed by atoms with Crippen LogP contribution >= 0.6 is 15.9 Å². The van der Waals surface area contributed by atoms with E-state index in [4.69, 9.17) is 14.2 Å². The Hall–Kier alpha value is -1.27. The molecule has 6 heteroatoms. The molecule has 21 heavy (non-hydrogen) atoms. The van der Waals surface area contributed by atoms with Gasteiger partial charge in [0.2, 0.25) is 0 Å². The number of carbonyl (C=O) groups excluding carboxylic acids is 1. The molecule has 118 valence electrons. The minimum atomic E-state index is -0.143. The minimum absolute atomic E-state index is 0.143. The molecule has 0 atom stereocenters. The molecule has 0 aliphatic rings. The molecule has 1 N–H and O–H groups in total. The van der Waals surface area contributed by atoms with Gasteiger partial charge in [-0.15, -0.1) is 0 Å². The first-order valence-corrected chi connectivity index (χ1v) is 7.79. The maximum atomic E-state index is 12.1. The van der Waals surface area contributed by atoms with Gasteiger partial charge in [-0.05, 0) is 48.3 Å². The van der Waals surface area contributed by atoms with Gasteiger partial charge in [-0.3, -0.25) is 4.79 Å². The molecule has 0 radical (unpaired) electrons. The second kappa shape index (κ2) is 9.63. The topological polar surface area (TPSA) is 56.8 Å². The fourth-order valence-electron chi connectivity index (χ4n) is 1.77. The summed E-state index contributed by atoms with van der Waals surface area (Å²) in [6.45, 7) is 6.02. The average Bonchev–Trinajstić information content (AvgIpc) is 2.47. The summed E-state index contributed by atoms with van der Waals surface area (Å²) >= 11 is 3.43. The predicted octanol–water partition coefficient (Wildman–Crippen LogP) is 3.01. The maximum absolute atomic E-state index is 12.1. The van der Waals surface area contributed by atoms with Gasteiger partial charge >= 0.3 is 0 Å². The van der Waals surface area contributed by atoms with Crippen molar-refractivity contribution in [3.05, 3.63) is 22.2 Å². The van der Waals surface area contributed by atoms with Crippen LogP contribution in [-0.4, -0.2) is 39.4 Å². The SMILES string of the molecule is CCOc1cc(C(=O)NCCCOC)cc(Br)c1OCC. The third-order valence-corrected chi connectivity index (χ3v) is 3.26. The fourth-order valence-corrected chi connectivity index (χ4v) is 2.32. The van der Waals surface area contributed by atoms with Gasteiger partial charge in [0.1, 0.15) is 0 Å². The standard InChI is InChI=1S/C15H22BrNO4/c1-4-20-13-10-11(9-12(16)14(13)21-5-2)15(18)17-7-6-8-19-3/h9-10H,4-8H2,1-3H3,(H,17,18). The molecule has 0 saturated heterocycles. The normalized spacial score (nSPS) is 10.3. The molecule has 5 nitrogen and oxygen atoms in total. The van der Waals surface area contributed by atoms with E-state index in [2.05, 4.69) is 21.2 Å². The maximum Gasteiger partial charge on any atom is 0.251 e. The third-order valence-electron chi connectivity index (χ3n) is 2.67. The van der Waals surface area contributed by atoms with Gasteiger partial charge in [-0.2, -0.15) is 0 Å². The zero-order valence-corrected chi connectivity index (χ0v) is 14.3. The number of amides is 1. The van der Waals surface area contributed by atoms with Crippen molar-refractivity contribution in [3.63, 3.8) is 0 Å². The van der Waals surface area contributed by atoms with Gasteiger partial charge in [-0.1, -0.05) is 0 Å². The van der Waals surface area contributed by atoms with E-state index in [0.717, 1.165) is 6.42 Å². The molecule has 0 aromatic heterocycles. The molecule has 0 aliphatic heterocycles. The highest BCUT2D eigenvalue weighted by Crippen LogP contribution is 2.36. The summed E-state index contributed by atoms with van der Waals surface area (Å²) in [7, 11) is 1.64. The van der Waals surface area contributed by atoms with Crippen molar-refractivity contribution in [1.29, 1.82) is 0 Å². The number of ether oxygens (including phenoxy) is 3. The van der Waals surface area contributed by atoms with Crippen LogP contribution in [0.4, 0.5) is 0 Å². The number of halogens is 1. The Morgan fingerprint density at radius 2 is 1.95 bits per heavy atom. The van der Waals surface area contributed by atoms with E-state index < -0.39 is 0 Å². The van der Waals surface area contributed by atoms with Crippen LogP contribution in [0.2, 0.25) is 0 Å². The summed E-state index contributed by atoms with van der Waals surface area (Å²) in [4.78, 5) is 12.1. The zero-order chi connectivity index (χ0) is 15.7. The molecule has 1 amide bonds. The second-order valence-corrected chi connectivity index (χ2v) is 5.11. The van der Waals surface area contributed by atoms with Crippen molar-refractivity contribution in [2.75, 3.05) is 33.5 Å². The van der Waals surface area contributed by atoms with Crippen LogP contribution in [0.3, 0.4) is 0 Å². The van der Waals surface area contributed by atoms with Crippen molar-refractivity contribution in [1.82, 2.24) is 5.32 Å². The number of carbonyl (C=O) groups is 1. The van der Waals surface area contributed by atoms with Gasteiger partial charge in [-0.25, -0.2) is 0 Å². The van der Waals surface area contributed by atoms with E-state index >= 15 is 0 Å². The first-order valence-electron chi connectivity index (χ1n) is 7.00. The largest absolute Gasteiger partial charge is 0.490 e. The van der Waals surface area contributed by atoms with E-state index in [1.54, 1.807) is 19.2 Å². The monoisotopic (exact) mass is 359 g/mol. The van der Waals surface area contributed by atoms with Crippen LogP contribution < -0.4 is 14.8 Å². The van der Waals surface area contributed by atoms with Crippen LogP contribution in [0.25, 0.3) is 0 Å². The number of methoxy groups -OCH3 is 1. The average molecular weight is 360 g/mol. The lowest BCUT2D eigenvalue weighted by molar-refractivity contribution is 0.0948. The van der Waals surface area contributed by atoms with Gasteiger partial charge in [0, 0.05) is 25.8 Å². The van der Waals surface area contributed by atoms with E-state index in [-0.39, 0.29) is 5.91 Å². The first kappa shape index (κ1) is 17.8. The Kier molecular flexibility index (Phi) is 8.15. The molecule has 0 bridgehead atoms. The van der Waals surface area contributed by atoms with Gasteiger partial charge in [0.05, 0.1) is 17.7 Å². The summed E-state index contributed by atoms with van der Waals surface area (Å²) in [6.07, 6.45) is 0.777. The van der Waals surface area contributed by atoms with Gasteiger partial charge < -0.3 is 19.5 Å². The molecule has 1 aromatic rings. The lowest BCUT2D eigenvalue weighted by Crippen LogP contribution is -2.25. The predicted molar refractivity (Wildman–Crippen MR) is 85.3 cm³/mol. The zero-order valence-electron chi connectivity index (χ0n) is 12.7. The van der Waals surface area contributed by atoms with E-state index in [9.17, 15) is 4.79 Å². The smallest absolute Gasteiger partial charge is 0.251 e. The molecule has 0 heterocycles. The Labute approximate surface area is 134 Å². The van der Waals surface area contributed by atoms with Crippen molar-refractivity contribution in [3.8, 4) is 11.5 Å². The van der Waals surface area contributed by atoms with Crippen molar-refractivity contribution in [2.45, 2.75) is 20.3 Å². The highest BCUT2D eigenvalue weighted by molar-refractivity contribution is 9.10. The van der Waals surface area contributed by atoms with Crippen molar-refractivity contribution >= 4 is 21.8 Å². The number of benzene rings is 1. The second-order valence-electron chi connectivity index (χ2n) is 4.25. The highest BCUT2D eigenvalue weighted by atomic mass is 79.9. The number of nitrogens with one attached hydrogen (secondary N) is 1. The van der Waals surface area contributed by atoms with E-state index in [1.807, 2.05) is 13.8 Å². The van der Waals surface area contributed by atoms with Crippen molar-refractivity contribution < 1.29 is 19.0 Å². The molecule has 0 aliphatic carbocycles. The molecule has 0 spiro atoms. The molecular formula is C15H22BrNO4. The van der Waals surface area contributed by atoms with Crippen LogP contribution in [0.1, 0.15) is 30.6 Å². The van der Waals surface area contributed by atoms with E-state index in [1.165, 1.54) is 0 Å². The molecule has 0 fully saturated rings. The molecule has 0 unspecified atom stereocenters. The molecule has 1 aromatic carbocycles. The minimum Gasteiger partial charge on any atom is -0.490 e. The van der Waals surface area contributed by atoms with E-state index in [0.29, 0.717) is 47.9 Å². The van der Waals surface area contributed by atoms with Gasteiger partial charge in [0.25, 0.3) is 5.91 Å². The summed E-state index contributed by atoms with van der Waals surface area (Å²) in [5.41, 5.74) is 0.534. The summed E-state index contributed by atoms with van der Waals surface area (Å²) in [5, 5.41) is 2.85. The Bertz CT molecular complexity index is 465. The third kappa shape index (κ3) is 5.55.